The molecule has 0 bridgehead atoms. The molecular weight excluding hydrogens is 224 g/mol. The molecule has 0 unspecified atom stereocenters. The molecular formula is C15H18N2O. The minimum Gasteiger partial charge on any atom is -0.396 e. The predicted molar refractivity (Wildman–Crippen MR) is 72.2 cm³/mol. The lowest BCUT2D eigenvalue weighted by molar-refractivity contribution is 0.207. The number of aliphatic hydroxyl groups is 1. The second kappa shape index (κ2) is 4.67. The van der Waals surface area contributed by atoms with E-state index in [1.165, 1.54) is 16.3 Å². The highest BCUT2D eigenvalue weighted by molar-refractivity contribution is 5.84. The highest BCUT2D eigenvalue weighted by atomic mass is 16.3. The summed E-state index contributed by atoms with van der Waals surface area (Å²) in [5.41, 5.74) is 1.39. The fourth-order valence-corrected chi connectivity index (χ4v) is 2.35. The second-order valence-corrected chi connectivity index (χ2v) is 5.28. The van der Waals surface area contributed by atoms with Gasteiger partial charge in [0.25, 0.3) is 0 Å². The zero-order valence-corrected chi connectivity index (χ0v) is 10.4. The van der Waals surface area contributed by atoms with Crippen molar-refractivity contribution in [3.8, 4) is 0 Å². The number of hydrogen-bond acceptors (Lipinski definition) is 3. The molecule has 94 valence electrons. The lowest BCUT2D eigenvalue weighted by Crippen LogP contribution is -2.26. The molecule has 0 atom stereocenters. The molecule has 0 saturated heterocycles. The molecule has 3 nitrogen and oxygen atoms in total. The lowest BCUT2D eigenvalue weighted by atomic mass is 10.1. The smallest absolute Gasteiger partial charge is 0.0499 e. The van der Waals surface area contributed by atoms with E-state index < -0.39 is 0 Å². The monoisotopic (exact) mass is 242 g/mol. The largest absolute Gasteiger partial charge is 0.396 e. The number of aliphatic hydroxyl groups excluding tert-OH is 1. The maximum absolute atomic E-state index is 9.27. The molecule has 1 saturated carbocycles. The van der Waals surface area contributed by atoms with E-state index in [9.17, 15) is 5.11 Å². The Morgan fingerprint density at radius 1 is 1.22 bits per heavy atom. The van der Waals surface area contributed by atoms with Crippen molar-refractivity contribution in [2.75, 3.05) is 13.2 Å². The van der Waals surface area contributed by atoms with Crippen molar-refractivity contribution in [3.05, 3.63) is 42.2 Å². The van der Waals surface area contributed by atoms with Gasteiger partial charge in [-0.1, -0.05) is 24.3 Å². The number of benzene rings is 1. The Morgan fingerprint density at radius 2 is 2.06 bits per heavy atom. The van der Waals surface area contributed by atoms with Crippen LogP contribution in [0.1, 0.15) is 18.4 Å². The van der Waals surface area contributed by atoms with Crippen molar-refractivity contribution in [1.82, 2.24) is 10.3 Å². The molecule has 1 heterocycles. The maximum atomic E-state index is 9.27. The molecule has 18 heavy (non-hydrogen) atoms. The zero-order chi connectivity index (χ0) is 12.4. The average Bonchev–Trinajstić information content (AvgIpc) is 3.20. The number of aromatic nitrogens is 1. The minimum atomic E-state index is 0.165. The van der Waals surface area contributed by atoms with Crippen molar-refractivity contribution < 1.29 is 5.11 Å². The van der Waals surface area contributed by atoms with Gasteiger partial charge in [0.2, 0.25) is 0 Å². The van der Waals surface area contributed by atoms with Crippen molar-refractivity contribution >= 4 is 10.8 Å². The van der Waals surface area contributed by atoms with Gasteiger partial charge in [-0.15, -0.1) is 0 Å². The van der Waals surface area contributed by atoms with E-state index in [0.29, 0.717) is 6.61 Å². The number of nitrogens with one attached hydrogen (secondary N) is 1. The van der Waals surface area contributed by atoms with Crippen LogP contribution in [0, 0.1) is 5.41 Å². The number of fused-ring (bicyclic) bond motifs is 1. The highest BCUT2D eigenvalue weighted by Gasteiger charge is 2.41. The highest BCUT2D eigenvalue weighted by Crippen LogP contribution is 2.44. The van der Waals surface area contributed by atoms with Crippen molar-refractivity contribution in [2.24, 2.45) is 5.41 Å². The van der Waals surface area contributed by atoms with Crippen LogP contribution in [0.4, 0.5) is 0 Å². The van der Waals surface area contributed by atoms with Crippen LogP contribution in [-0.2, 0) is 6.54 Å². The van der Waals surface area contributed by atoms with Crippen LogP contribution >= 0.6 is 0 Å². The summed E-state index contributed by atoms with van der Waals surface area (Å²) in [7, 11) is 0. The maximum Gasteiger partial charge on any atom is 0.0499 e. The van der Waals surface area contributed by atoms with Crippen molar-refractivity contribution in [3.63, 3.8) is 0 Å². The van der Waals surface area contributed by atoms with Gasteiger partial charge in [0.05, 0.1) is 0 Å². The summed E-state index contributed by atoms with van der Waals surface area (Å²) in [6.07, 6.45) is 6.11. The van der Waals surface area contributed by atoms with Crippen molar-refractivity contribution in [1.29, 1.82) is 0 Å². The van der Waals surface area contributed by atoms with Gasteiger partial charge >= 0.3 is 0 Å². The van der Waals surface area contributed by atoms with Crippen LogP contribution in [-0.4, -0.2) is 23.2 Å². The van der Waals surface area contributed by atoms with Crippen LogP contribution in [0.15, 0.2) is 36.7 Å². The van der Waals surface area contributed by atoms with E-state index in [4.69, 9.17) is 0 Å². The number of pyridine rings is 1. The average molecular weight is 242 g/mol. The molecule has 1 fully saturated rings. The van der Waals surface area contributed by atoms with Gasteiger partial charge in [-0.2, -0.15) is 0 Å². The summed E-state index contributed by atoms with van der Waals surface area (Å²) in [6.45, 7) is 2.01. The quantitative estimate of drug-likeness (QED) is 0.844. The molecule has 1 aromatic heterocycles. The Hall–Kier alpha value is -1.45. The molecule has 1 aromatic carbocycles. The van der Waals surface area contributed by atoms with E-state index in [1.54, 1.807) is 0 Å². The lowest BCUT2D eigenvalue weighted by Gasteiger charge is -2.13. The van der Waals surface area contributed by atoms with Crippen LogP contribution in [0.2, 0.25) is 0 Å². The summed E-state index contributed by atoms with van der Waals surface area (Å²) >= 11 is 0. The molecule has 1 aliphatic carbocycles. The molecule has 0 aliphatic heterocycles. The SMILES string of the molecule is OCC1(CNCc2cncc3ccccc23)CC1. The zero-order valence-electron chi connectivity index (χ0n) is 10.4. The summed E-state index contributed by atoms with van der Waals surface area (Å²) < 4.78 is 0. The van der Waals surface area contributed by atoms with Crippen LogP contribution in [0.3, 0.4) is 0 Å². The van der Waals surface area contributed by atoms with Gasteiger partial charge in [-0.25, -0.2) is 0 Å². The van der Waals surface area contributed by atoms with Gasteiger partial charge in [0, 0.05) is 42.9 Å². The van der Waals surface area contributed by atoms with Crippen LogP contribution in [0.25, 0.3) is 10.8 Å². The molecule has 0 radical (unpaired) electrons. The third kappa shape index (κ3) is 2.24. The van der Waals surface area contributed by atoms with Crippen LogP contribution in [0.5, 0.6) is 0 Å². The molecule has 3 rings (SSSR count). The molecule has 3 heteroatoms. The van der Waals surface area contributed by atoms with E-state index in [1.807, 2.05) is 18.5 Å². The Morgan fingerprint density at radius 3 is 2.83 bits per heavy atom. The van der Waals surface area contributed by atoms with E-state index in [0.717, 1.165) is 25.9 Å². The molecule has 0 amide bonds. The first kappa shape index (κ1) is 11.6. The Labute approximate surface area is 107 Å². The summed E-state index contributed by atoms with van der Waals surface area (Å²) in [5, 5.41) is 15.2. The third-order valence-corrected chi connectivity index (χ3v) is 3.86. The first-order valence-corrected chi connectivity index (χ1v) is 6.46. The first-order chi connectivity index (χ1) is 8.83. The van der Waals surface area contributed by atoms with Crippen LogP contribution < -0.4 is 5.32 Å². The third-order valence-electron chi connectivity index (χ3n) is 3.86. The Balaban J connectivity index is 1.71. The Kier molecular flexibility index (Phi) is 3.02. The normalized spacial score (nSPS) is 16.9. The Bertz CT molecular complexity index is 544. The summed E-state index contributed by atoms with van der Waals surface area (Å²) in [4.78, 5) is 4.27. The number of rotatable bonds is 5. The van der Waals surface area contributed by atoms with E-state index >= 15 is 0 Å². The molecule has 2 aromatic rings. The molecule has 2 N–H and O–H groups in total. The first-order valence-electron chi connectivity index (χ1n) is 6.46. The van der Waals surface area contributed by atoms with Gasteiger partial charge < -0.3 is 10.4 Å². The van der Waals surface area contributed by atoms with Gasteiger partial charge in [-0.3, -0.25) is 4.98 Å². The predicted octanol–water partition coefficient (Wildman–Crippen LogP) is 2.10. The number of nitrogens with zero attached hydrogens (tertiary/aromatic N) is 1. The molecule has 1 aliphatic rings. The fraction of sp³-hybridized carbons (Fsp3) is 0.400. The van der Waals surface area contributed by atoms with E-state index in [2.05, 4.69) is 28.5 Å². The molecule has 0 spiro atoms. The van der Waals surface area contributed by atoms with Gasteiger partial charge in [0.1, 0.15) is 0 Å². The summed E-state index contributed by atoms with van der Waals surface area (Å²) in [6, 6.07) is 8.31. The standard InChI is InChI=1S/C15H18N2O/c18-11-15(5-6-15)10-17-9-13-8-16-7-12-3-1-2-4-14(12)13/h1-4,7-8,17-18H,5-6,9-11H2. The van der Waals surface area contributed by atoms with Gasteiger partial charge in [-0.05, 0) is 23.8 Å². The second-order valence-electron chi connectivity index (χ2n) is 5.28. The minimum absolute atomic E-state index is 0.165. The summed E-state index contributed by atoms with van der Waals surface area (Å²) in [5.74, 6) is 0. The topological polar surface area (TPSA) is 45.1 Å². The van der Waals surface area contributed by atoms with Crippen molar-refractivity contribution in [2.45, 2.75) is 19.4 Å². The van der Waals surface area contributed by atoms with E-state index in [-0.39, 0.29) is 5.41 Å². The fourth-order valence-electron chi connectivity index (χ4n) is 2.35. The van der Waals surface area contributed by atoms with Gasteiger partial charge in [0.15, 0.2) is 0 Å². The number of hydrogen-bond donors (Lipinski definition) is 2.